The van der Waals surface area contributed by atoms with Crippen molar-refractivity contribution >= 4 is 17.8 Å². The lowest BCUT2D eigenvalue weighted by atomic mass is 9.64. The topological polar surface area (TPSA) is 81.8 Å². The second kappa shape index (κ2) is 6.71. The van der Waals surface area contributed by atoms with Crippen LogP contribution in [0.1, 0.15) is 65.7 Å². The molecular formula is C21H34N4O3. The van der Waals surface area contributed by atoms with Crippen molar-refractivity contribution in [1.82, 2.24) is 20.4 Å². The standard InChI is InChI=1S/C21H34N4O3/c1-13-9-20(2,3)12-21(10-13)18(27)25(19(28)23-21)11-17(26)24(4)16-7-14-5-6-15(8-16)22-14/h13-16,22H,5-12H2,1-4H3,(H,23,28). The minimum Gasteiger partial charge on any atom is -0.341 e. The van der Waals surface area contributed by atoms with E-state index in [-0.39, 0.29) is 29.8 Å². The maximum Gasteiger partial charge on any atom is 0.325 e. The van der Waals surface area contributed by atoms with E-state index in [0.29, 0.717) is 30.8 Å². The predicted molar refractivity (Wildman–Crippen MR) is 106 cm³/mol. The van der Waals surface area contributed by atoms with Gasteiger partial charge >= 0.3 is 6.03 Å². The van der Waals surface area contributed by atoms with E-state index < -0.39 is 11.6 Å². The van der Waals surface area contributed by atoms with Gasteiger partial charge < -0.3 is 15.5 Å². The zero-order chi connectivity index (χ0) is 20.3. The fraction of sp³-hybridized carbons (Fsp3) is 0.857. The Bertz CT molecular complexity index is 681. The highest BCUT2D eigenvalue weighted by molar-refractivity contribution is 6.09. The minimum atomic E-state index is -0.842. The number of hydrogen-bond donors (Lipinski definition) is 2. The average molecular weight is 391 g/mol. The van der Waals surface area contributed by atoms with Crippen LogP contribution in [-0.2, 0) is 9.59 Å². The highest BCUT2D eigenvalue weighted by atomic mass is 16.2. The van der Waals surface area contributed by atoms with Crippen molar-refractivity contribution in [3.8, 4) is 0 Å². The fourth-order valence-corrected chi connectivity index (χ4v) is 6.44. The van der Waals surface area contributed by atoms with Gasteiger partial charge in [0.05, 0.1) is 0 Å². The number of carbonyl (C=O) groups is 3. The van der Waals surface area contributed by atoms with Gasteiger partial charge in [0.15, 0.2) is 0 Å². The van der Waals surface area contributed by atoms with Gasteiger partial charge in [-0.25, -0.2) is 4.79 Å². The van der Waals surface area contributed by atoms with Gasteiger partial charge in [-0.05, 0) is 56.3 Å². The van der Waals surface area contributed by atoms with Crippen LogP contribution < -0.4 is 10.6 Å². The normalized spacial score (nSPS) is 39.4. The van der Waals surface area contributed by atoms with Crippen molar-refractivity contribution in [3.63, 3.8) is 0 Å². The summed E-state index contributed by atoms with van der Waals surface area (Å²) in [5, 5.41) is 6.55. The first-order valence-electron chi connectivity index (χ1n) is 10.7. The van der Waals surface area contributed by atoms with E-state index in [1.165, 1.54) is 12.8 Å². The summed E-state index contributed by atoms with van der Waals surface area (Å²) in [4.78, 5) is 41.7. The number of rotatable bonds is 3. The lowest BCUT2D eigenvalue weighted by molar-refractivity contribution is -0.141. The van der Waals surface area contributed by atoms with Crippen molar-refractivity contribution < 1.29 is 14.4 Å². The minimum absolute atomic E-state index is 0.00814. The molecule has 7 nitrogen and oxygen atoms in total. The van der Waals surface area contributed by atoms with Gasteiger partial charge in [0.25, 0.3) is 5.91 Å². The first-order chi connectivity index (χ1) is 13.1. The molecule has 4 amide bonds. The molecule has 7 heteroatoms. The Kier molecular flexibility index (Phi) is 4.72. The molecule has 0 radical (unpaired) electrons. The molecule has 4 unspecified atom stereocenters. The molecular weight excluding hydrogens is 356 g/mol. The van der Waals surface area contributed by atoms with Gasteiger partial charge in [0.1, 0.15) is 12.1 Å². The predicted octanol–water partition coefficient (Wildman–Crippen LogP) is 1.86. The van der Waals surface area contributed by atoms with Crippen LogP contribution >= 0.6 is 0 Å². The molecule has 0 aromatic heterocycles. The molecule has 2 bridgehead atoms. The van der Waals surface area contributed by atoms with Crippen LogP contribution in [0.25, 0.3) is 0 Å². The summed E-state index contributed by atoms with van der Waals surface area (Å²) in [6.07, 6.45) is 6.58. The third-order valence-corrected chi connectivity index (χ3v) is 7.31. The van der Waals surface area contributed by atoms with E-state index in [2.05, 4.69) is 31.4 Å². The van der Waals surface area contributed by atoms with Gasteiger partial charge in [0, 0.05) is 25.2 Å². The molecule has 3 aliphatic heterocycles. The average Bonchev–Trinajstić information content (AvgIpc) is 3.03. The fourth-order valence-electron chi connectivity index (χ4n) is 6.44. The van der Waals surface area contributed by atoms with Gasteiger partial charge in [-0.3, -0.25) is 14.5 Å². The number of nitrogens with one attached hydrogen (secondary N) is 2. The summed E-state index contributed by atoms with van der Waals surface area (Å²) in [6, 6.07) is 0.756. The number of amides is 4. The van der Waals surface area contributed by atoms with Gasteiger partial charge in [-0.1, -0.05) is 20.8 Å². The van der Waals surface area contributed by atoms with Crippen LogP contribution in [0.5, 0.6) is 0 Å². The number of piperidine rings is 1. The van der Waals surface area contributed by atoms with E-state index >= 15 is 0 Å². The highest BCUT2D eigenvalue weighted by Gasteiger charge is 2.56. The third kappa shape index (κ3) is 3.42. The molecule has 3 heterocycles. The highest BCUT2D eigenvalue weighted by Crippen LogP contribution is 2.46. The van der Waals surface area contributed by atoms with Crippen molar-refractivity contribution in [2.75, 3.05) is 13.6 Å². The SMILES string of the molecule is CC1CC(C)(C)CC2(C1)NC(=O)N(CC(=O)N(C)C1CC3CCC(C1)N3)C2=O. The molecule has 4 rings (SSSR count). The number of fused-ring (bicyclic) bond motifs is 2. The van der Waals surface area contributed by atoms with Crippen molar-refractivity contribution in [1.29, 1.82) is 0 Å². The molecule has 1 spiro atoms. The largest absolute Gasteiger partial charge is 0.341 e. The molecule has 0 aromatic carbocycles. The van der Waals surface area contributed by atoms with E-state index in [4.69, 9.17) is 0 Å². The van der Waals surface area contributed by atoms with E-state index in [1.54, 1.807) is 4.90 Å². The first kappa shape index (κ1) is 19.7. The van der Waals surface area contributed by atoms with Crippen LogP contribution in [0.4, 0.5) is 4.79 Å². The second-order valence-corrected chi connectivity index (χ2v) is 10.5. The molecule has 1 saturated carbocycles. The Morgan fingerprint density at radius 1 is 1.18 bits per heavy atom. The van der Waals surface area contributed by atoms with E-state index in [9.17, 15) is 14.4 Å². The van der Waals surface area contributed by atoms with Crippen LogP contribution in [0.15, 0.2) is 0 Å². The Morgan fingerprint density at radius 3 is 2.43 bits per heavy atom. The summed E-state index contributed by atoms with van der Waals surface area (Å²) >= 11 is 0. The number of urea groups is 1. The third-order valence-electron chi connectivity index (χ3n) is 7.31. The lowest BCUT2D eigenvalue weighted by Crippen LogP contribution is -2.54. The molecule has 28 heavy (non-hydrogen) atoms. The van der Waals surface area contributed by atoms with Crippen molar-refractivity contribution in [3.05, 3.63) is 0 Å². The van der Waals surface area contributed by atoms with Gasteiger partial charge in [-0.15, -0.1) is 0 Å². The number of imide groups is 1. The molecule has 4 aliphatic rings. The van der Waals surface area contributed by atoms with E-state index in [1.807, 2.05) is 7.05 Å². The summed E-state index contributed by atoms with van der Waals surface area (Å²) in [5.41, 5.74) is -0.850. The Hall–Kier alpha value is -1.63. The van der Waals surface area contributed by atoms with Crippen LogP contribution in [0.2, 0.25) is 0 Å². The van der Waals surface area contributed by atoms with Crippen molar-refractivity contribution in [2.24, 2.45) is 11.3 Å². The monoisotopic (exact) mass is 390 g/mol. The number of likely N-dealkylation sites (N-methyl/N-ethyl adjacent to an activating group) is 1. The first-order valence-corrected chi connectivity index (χ1v) is 10.7. The molecule has 4 fully saturated rings. The van der Waals surface area contributed by atoms with Crippen LogP contribution in [0, 0.1) is 11.3 Å². The Morgan fingerprint density at radius 2 is 1.82 bits per heavy atom. The number of nitrogens with zero attached hydrogens (tertiary/aromatic N) is 2. The van der Waals surface area contributed by atoms with E-state index in [0.717, 1.165) is 24.2 Å². The molecule has 156 valence electrons. The molecule has 2 N–H and O–H groups in total. The van der Waals surface area contributed by atoms with Gasteiger partial charge in [0.2, 0.25) is 5.91 Å². The summed E-state index contributed by atoms with van der Waals surface area (Å²) in [7, 11) is 1.82. The second-order valence-electron chi connectivity index (χ2n) is 10.5. The van der Waals surface area contributed by atoms with Crippen molar-refractivity contribution in [2.45, 2.75) is 89.4 Å². The molecule has 0 aromatic rings. The quantitative estimate of drug-likeness (QED) is 0.721. The summed E-state index contributed by atoms with van der Waals surface area (Å²) < 4.78 is 0. The Labute approximate surface area is 167 Å². The van der Waals surface area contributed by atoms with Gasteiger partial charge in [-0.2, -0.15) is 0 Å². The van der Waals surface area contributed by atoms with Crippen LogP contribution in [0.3, 0.4) is 0 Å². The zero-order valence-electron chi connectivity index (χ0n) is 17.6. The number of carbonyl (C=O) groups excluding carboxylic acids is 3. The zero-order valence-corrected chi connectivity index (χ0v) is 17.6. The Balaban J connectivity index is 1.44. The molecule has 3 saturated heterocycles. The molecule has 4 atom stereocenters. The molecule has 1 aliphatic carbocycles. The maximum absolute atomic E-state index is 13.2. The maximum atomic E-state index is 13.2. The number of hydrogen-bond acceptors (Lipinski definition) is 4. The smallest absolute Gasteiger partial charge is 0.325 e. The van der Waals surface area contributed by atoms with Crippen LogP contribution in [-0.4, -0.2) is 64.9 Å². The summed E-state index contributed by atoms with van der Waals surface area (Å²) in [5.74, 6) is -0.00392. The summed E-state index contributed by atoms with van der Waals surface area (Å²) in [6.45, 7) is 6.28. The lowest BCUT2D eigenvalue weighted by Gasteiger charge is -2.43.